The topological polar surface area (TPSA) is 154 Å². The molecule has 33 heavy (non-hydrogen) atoms. The lowest BCUT2D eigenvalue weighted by Crippen LogP contribution is -2.26. The molecule has 3 aromatic rings. The van der Waals surface area contributed by atoms with Crippen LogP contribution in [0.4, 0.5) is 5.69 Å². The quantitative estimate of drug-likeness (QED) is 0.219. The number of nitro groups is 1. The molecule has 3 heterocycles. The third-order valence-corrected chi connectivity index (χ3v) is 4.99. The van der Waals surface area contributed by atoms with E-state index in [-0.39, 0.29) is 23.0 Å². The van der Waals surface area contributed by atoms with E-state index >= 15 is 0 Å². The number of aromatic nitrogens is 4. The van der Waals surface area contributed by atoms with E-state index < -0.39 is 28.7 Å². The first-order valence-corrected chi connectivity index (χ1v) is 10.3. The smallest absolute Gasteiger partial charge is 0.313 e. The van der Waals surface area contributed by atoms with E-state index in [1.165, 1.54) is 23.6 Å². The van der Waals surface area contributed by atoms with Crippen molar-refractivity contribution < 1.29 is 24.0 Å². The largest absolute Gasteiger partial charge is 0.442 e. The Labute approximate surface area is 194 Å². The molecule has 0 aliphatic carbocycles. The molecule has 170 valence electrons. The maximum Gasteiger partial charge on any atom is 0.313 e. The number of hydrazone groups is 1. The zero-order valence-electron chi connectivity index (χ0n) is 17.8. The number of carbonyl (C=O) groups excluding carboxylic acids is 2. The second-order valence-electron chi connectivity index (χ2n) is 7.11. The summed E-state index contributed by atoms with van der Waals surface area (Å²) in [7, 11) is 0. The van der Waals surface area contributed by atoms with Crippen LogP contribution in [0.15, 0.2) is 27.8 Å². The molecule has 0 N–H and O–H groups in total. The summed E-state index contributed by atoms with van der Waals surface area (Å²) in [5.74, 6) is -1.41. The van der Waals surface area contributed by atoms with Crippen LogP contribution in [0, 0.1) is 24.0 Å². The number of aryl methyl sites for hydroxylation is 2. The Morgan fingerprint density at radius 1 is 1.21 bits per heavy atom. The van der Waals surface area contributed by atoms with Crippen LogP contribution in [0.3, 0.4) is 0 Å². The molecule has 0 saturated carbocycles. The summed E-state index contributed by atoms with van der Waals surface area (Å²) >= 11 is 3.20. The summed E-state index contributed by atoms with van der Waals surface area (Å²) in [5.41, 5.74) is 1.01. The number of carbonyl (C=O) groups is 2. The van der Waals surface area contributed by atoms with E-state index in [0.29, 0.717) is 10.3 Å². The van der Waals surface area contributed by atoms with Gasteiger partial charge in [-0.1, -0.05) is 15.9 Å². The van der Waals surface area contributed by atoms with E-state index in [4.69, 9.17) is 9.47 Å². The molecule has 0 unspecified atom stereocenters. The van der Waals surface area contributed by atoms with Crippen molar-refractivity contribution in [3.8, 4) is 5.75 Å². The summed E-state index contributed by atoms with van der Waals surface area (Å²) in [5, 5.41) is 21.1. The molecule has 4 rings (SSSR count). The Morgan fingerprint density at radius 2 is 1.94 bits per heavy atom. The summed E-state index contributed by atoms with van der Waals surface area (Å²) in [6, 6.07) is 4.42. The average Bonchev–Trinajstić information content (AvgIpc) is 3.33. The van der Waals surface area contributed by atoms with E-state index in [0.717, 1.165) is 23.3 Å². The predicted octanol–water partition coefficient (Wildman–Crippen LogP) is 2.58. The average molecular weight is 518 g/mol. The third kappa shape index (κ3) is 4.11. The number of hydrogen-bond acceptors (Lipinski definition) is 10. The van der Waals surface area contributed by atoms with E-state index in [1.54, 1.807) is 0 Å². The van der Waals surface area contributed by atoms with E-state index in [9.17, 15) is 19.7 Å². The molecule has 1 atom stereocenters. The van der Waals surface area contributed by atoms with Crippen molar-refractivity contribution in [3.63, 3.8) is 0 Å². The fourth-order valence-electron chi connectivity index (χ4n) is 3.26. The molecule has 1 aliphatic rings. The van der Waals surface area contributed by atoms with Crippen LogP contribution in [0.5, 0.6) is 5.75 Å². The van der Waals surface area contributed by atoms with Gasteiger partial charge in [-0.3, -0.25) is 19.7 Å². The molecular weight excluding hydrogens is 502 g/mol. The first kappa shape index (κ1) is 22.3. The number of fused-ring (bicyclic) bond motifs is 1. The fourth-order valence-corrected chi connectivity index (χ4v) is 3.70. The molecule has 0 spiro atoms. The zero-order chi connectivity index (χ0) is 24.0. The van der Waals surface area contributed by atoms with Crippen molar-refractivity contribution in [2.24, 2.45) is 5.10 Å². The van der Waals surface area contributed by atoms with Gasteiger partial charge in [-0.05, 0) is 26.0 Å². The third-order valence-electron chi connectivity index (χ3n) is 4.53. The fraction of sp³-hybridized carbons (Fsp3) is 0.263. The monoisotopic (exact) mass is 517 g/mol. The Hall–Kier alpha value is -3.94. The molecule has 1 aliphatic heterocycles. The second-order valence-corrected chi connectivity index (χ2v) is 8.03. The number of ether oxygens (including phenoxy) is 2. The zero-order valence-corrected chi connectivity index (χ0v) is 19.4. The Bertz CT molecular complexity index is 1370. The van der Waals surface area contributed by atoms with Gasteiger partial charge in [0.1, 0.15) is 0 Å². The van der Waals surface area contributed by atoms with Gasteiger partial charge >= 0.3 is 11.7 Å². The summed E-state index contributed by atoms with van der Waals surface area (Å²) < 4.78 is 12.8. The highest BCUT2D eigenvalue weighted by Gasteiger charge is 2.39. The summed E-state index contributed by atoms with van der Waals surface area (Å²) in [6.45, 7) is 6.01. The van der Waals surface area contributed by atoms with Crippen molar-refractivity contribution in [1.82, 2.24) is 24.6 Å². The number of nitro benzene ring substituents is 1. The van der Waals surface area contributed by atoms with Gasteiger partial charge in [0.25, 0.3) is 12.0 Å². The Kier molecular flexibility index (Phi) is 5.53. The van der Waals surface area contributed by atoms with Crippen molar-refractivity contribution >= 4 is 45.2 Å². The number of hydrogen-bond donors (Lipinski definition) is 0. The number of esters is 1. The highest BCUT2D eigenvalue weighted by Crippen LogP contribution is 2.38. The summed E-state index contributed by atoms with van der Waals surface area (Å²) in [6.07, 6.45) is -1.16. The molecule has 1 aromatic carbocycles. The maximum atomic E-state index is 12.3. The molecule has 1 amide bonds. The van der Waals surface area contributed by atoms with Crippen LogP contribution in [0.25, 0.3) is 5.78 Å². The molecule has 2 aromatic heterocycles. The number of nitrogens with zero attached hydrogens (tertiary/aromatic N) is 7. The molecule has 0 fully saturated rings. The molecule has 0 bridgehead atoms. The van der Waals surface area contributed by atoms with Gasteiger partial charge in [-0.15, -0.1) is 10.2 Å². The summed E-state index contributed by atoms with van der Waals surface area (Å²) in [4.78, 5) is 43.5. The van der Waals surface area contributed by atoms with Gasteiger partial charge in [0.05, 0.1) is 10.5 Å². The lowest BCUT2D eigenvalue weighted by Gasteiger charge is -2.15. The van der Waals surface area contributed by atoms with Crippen molar-refractivity contribution in [3.05, 3.63) is 55.6 Å². The van der Waals surface area contributed by atoms with Gasteiger partial charge in [-0.25, -0.2) is 9.50 Å². The van der Waals surface area contributed by atoms with E-state index in [1.807, 2.05) is 19.9 Å². The van der Waals surface area contributed by atoms with Gasteiger partial charge in [0, 0.05) is 35.8 Å². The van der Waals surface area contributed by atoms with E-state index in [2.05, 4.69) is 36.1 Å². The minimum absolute atomic E-state index is 0.00561. The lowest BCUT2D eigenvalue weighted by molar-refractivity contribution is -0.385. The number of amides is 1. The van der Waals surface area contributed by atoms with Gasteiger partial charge in [-0.2, -0.15) is 9.99 Å². The van der Waals surface area contributed by atoms with Crippen molar-refractivity contribution in [2.45, 2.75) is 33.9 Å². The first-order chi connectivity index (χ1) is 15.5. The number of benzene rings is 1. The standard InChI is InChI=1S/C19H16BrN7O6/c1-8-5-9(2)25-19(21-8)22-16(23-25)18-26(10(3)28)24-17(33-18)13-6-12(20)7-14(27(30)31)15(13)32-11(4)29/h5-7,18H,1-4H3/t18-/m0/s1. The van der Waals surface area contributed by atoms with Crippen molar-refractivity contribution in [1.29, 1.82) is 0 Å². The number of halogens is 1. The molecule has 14 heteroatoms. The normalized spacial score (nSPS) is 15.4. The minimum Gasteiger partial charge on any atom is -0.442 e. The van der Waals surface area contributed by atoms with Gasteiger partial charge in [0.15, 0.2) is 0 Å². The Morgan fingerprint density at radius 3 is 2.58 bits per heavy atom. The first-order valence-electron chi connectivity index (χ1n) is 9.48. The molecule has 13 nitrogen and oxygen atoms in total. The molecule has 0 radical (unpaired) electrons. The lowest BCUT2D eigenvalue weighted by atomic mass is 10.1. The van der Waals surface area contributed by atoms with Gasteiger partial charge < -0.3 is 9.47 Å². The predicted molar refractivity (Wildman–Crippen MR) is 115 cm³/mol. The maximum absolute atomic E-state index is 12.3. The van der Waals surface area contributed by atoms with Crippen LogP contribution in [0.1, 0.15) is 42.9 Å². The highest BCUT2D eigenvalue weighted by molar-refractivity contribution is 9.10. The molecule has 0 saturated heterocycles. The van der Waals surface area contributed by atoms with Crippen LogP contribution in [-0.2, 0) is 14.3 Å². The van der Waals surface area contributed by atoms with Gasteiger partial charge in [0.2, 0.25) is 23.4 Å². The SMILES string of the molecule is CC(=O)Oc1c(C2=NN(C(C)=O)[C@H](c3nc4nc(C)cc(C)n4n3)O2)cc(Br)cc1[N+](=O)[O-]. The molecular formula is C19H16BrN7O6. The number of rotatable bonds is 4. The Balaban J connectivity index is 1.82. The highest BCUT2D eigenvalue weighted by atomic mass is 79.9. The van der Waals surface area contributed by atoms with Crippen LogP contribution in [-0.4, -0.2) is 47.3 Å². The van der Waals surface area contributed by atoms with Crippen molar-refractivity contribution in [2.75, 3.05) is 0 Å². The minimum atomic E-state index is -1.16. The van der Waals surface area contributed by atoms with Crippen LogP contribution in [0.2, 0.25) is 0 Å². The van der Waals surface area contributed by atoms with Crippen LogP contribution < -0.4 is 4.74 Å². The second kappa shape index (κ2) is 8.20. The van der Waals surface area contributed by atoms with Crippen LogP contribution >= 0.6 is 15.9 Å².